The van der Waals surface area contributed by atoms with Crippen molar-refractivity contribution in [3.05, 3.63) is 0 Å². The first-order valence-corrected chi connectivity index (χ1v) is 9.09. The third-order valence-electron chi connectivity index (χ3n) is 3.03. The van der Waals surface area contributed by atoms with Crippen molar-refractivity contribution < 1.29 is 18.6 Å². The number of likely N-dealkylation sites (N-methyl/N-ethyl adjacent to an activating group) is 1. The summed E-state index contributed by atoms with van der Waals surface area (Å²) in [5, 5.41) is 0. The van der Waals surface area contributed by atoms with Gasteiger partial charge in [0.15, 0.2) is 0 Å². The molecular weight excluding hydrogens is 273 g/mol. The van der Waals surface area contributed by atoms with E-state index in [0.29, 0.717) is 19.4 Å². The van der Waals surface area contributed by atoms with Crippen LogP contribution in [0.5, 0.6) is 0 Å². The molecule has 0 aliphatic heterocycles. The van der Waals surface area contributed by atoms with Crippen LogP contribution in [0.25, 0.3) is 0 Å². The number of hydrogen-bond acceptors (Lipinski definition) is 3. The molecule has 0 aromatic rings. The SMILES string of the molecule is CCCCC(=O)[PH-](OCC[N+](C)(C)C)C(=O)CCCC. The molecule has 0 radical (unpaired) electrons. The summed E-state index contributed by atoms with van der Waals surface area (Å²) < 4.78 is 6.50. The molecule has 0 heterocycles. The Balaban J connectivity index is 4.45. The second kappa shape index (κ2) is 10.4. The van der Waals surface area contributed by atoms with Crippen molar-refractivity contribution in [2.45, 2.75) is 52.4 Å². The Kier molecular flexibility index (Phi) is 10.3. The third kappa shape index (κ3) is 9.57. The third-order valence-corrected chi connectivity index (χ3v) is 5.04. The van der Waals surface area contributed by atoms with Crippen LogP contribution in [0.15, 0.2) is 0 Å². The molecule has 0 aromatic heterocycles. The fourth-order valence-corrected chi connectivity index (χ4v) is 3.38. The van der Waals surface area contributed by atoms with Gasteiger partial charge < -0.3 is 0 Å². The van der Waals surface area contributed by atoms with E-state index in [1.54, 1.807) is 0 Å². The second-order valence-corrected chi connectivity index (χ2v) is 8.31. The Labute approximate surface area is 125 Å². The first kappa shape index (κ1) is 19.7. The number of nitrogens with zero attached hydrogens (tertiary/aromatic N) is 1. The van der Waals surface area contributed by atoms with Gasteiger partial charge in [0.25, 0.3) is 0 Å². The fourth-order valence-electron chi connectivity index (χ4n) is 1.64. The predicted molar refractivity (Wildman–Crippen MR) is 86.2 cm³/mol. The van der Waals surface area contributed by atoms with Gasteiger partial charge >= 0.3 is 124 Å². The maximum atomic E-state index is 12.2. The molecule has 0 spiro atoms. The number of unbranched alkanes of at least 4 members (excludes halogenated alkanes) is 2. The Morgan fingerprint density at radius 1 is 0.950 bits per heavy atom. The van der Waals surface area contributed by atoms with Crippen molar-refractivity contribution in [2.75, 3.05) is 34.3 Å². The van der Waals surface area contributed by atoms with E-state index in [9.17, 15) is 9.59 Å². The Morgan fingerprint density at radius 3 is 1.75 bits per heavy atom. The summed E-state index contributed by atoms with van der Waals surface area (Å²) in [6.07, 6.45) is 4.64. The Hall–Kier alpha value is -0.310. The van der Waals surface area contributed by atoms with Crippen molar-refractivity contribution in [1.29, 1.82) is 0 Å². The van der Waals surface area contributed by atoms with Crippen LogP contribution in [0.3, 0.4) is 0 Å². The molecule has 0 bridgehead atoms. The van der Waals surface area contributed by atoms with Gasteiger partial charge in [-0.25, -0.2) is 0 Å². The summed E-state index contributed by atoms with van der Waals surface area (Å²) >= 11 is 0. The van der Waals surface area contributed by atoms with Gasteiger partial charge in [0.1, 0.15) is 0 Å². The number of quaternary nitrogens is 1. The van der Waals surface area contributed by atoms with Gasteiger partial charge in [-0.05, 0) is 0 Å². The van der Waals surface area contributed by atoms with E-state index in [-0.39, 0.29) is 11.0 Å². The zero-order valence-electron chi connectivity index (χ0n) is 13.8. The first-order chi connectivity index (χ1) is 9.31. The summed E-state index contributed by atoms with van der Waals surface area (Å²) in [5.41, 5.74) is 0.110. The average Bonchev–Trinajstić information content (AvgIpc) is 2.37. The molecule has 0 rings (SSSR count). The van der Waals surface area contributed by atoms with Crippen LogP contribution in [0.1, 0.15) is 52.4 Å². The van der Waals surface area contributed by atoms with Gasteiger partial charge in [-0.1, -0.05) is 0 Å². The van der Waals surface area contributed by atoms with E-state index in [2.05, 4.69) is 35.0 Å². The van der Waals surface area contributed by atoms with Crippen molar-refractivity contribution in [3.63, 3.8) is 0 Å². The summed E-state index contributed by atoms with van der Waals surface area (Å²) in [6, 6.07) is 0. The molecule has 120 valence electrons. The molecule has 0 aliphatic rings. The number of carbonyl (C=O) groups excluding carboxylic acids is 2. The minimum absolute atomic E-state index is 0.0550. The predicted octanol–water partition coefficient (Wildman–Crippen LogP) is 3.27. The standard InChI is InChI=1S/C15H32NO3P/c1-6-8-10-14(17)20(15(18)11-9-7-2)19-13-12-16(3,4)5/h20H,6-13H2,1-5H3. The Bertz CT molecular complexity index is 280. The van der Waals surface area contributed by atoms with Crippen LogP contribution in [-0.2, 0) is 14.1 Å². The average molecular weight is 305 g/mol. The van der Waals surface area contributed by atoms with Crippen LogP contribution in [0.4, 0.5) is 0 Å². The summed E-state index contributed by atoms with van der Waals surface area (Å²) in [6.45, 7) is 5.41. The topological polar surface area (TPSA) is 43.4 Å². The van der Waals surface area contributed by atoms with Gasteiger partial charge in [-0.2, -0.15) is 0 Å². The maximum absolute atomic E-state index is 12.2. The molecule has 0 saturated carbocycles. The normalized spacial score (nSPS) is 12.3. The number of carbonyl (C=O) groups is 2. The molecule has 0 amide bonds. The van der Waals surface area contributed by atoms with Crippen molar-refractivity contribution in [2.24, 2.45) is 0 Å². The molecule has 5 heteroatoms. The Morgan fingerprint density at radius 2 is 1.40 bits per heavy atom. The minimum atomic E-state index is -1.95. The molecule has 0 N–H and O–H groups in total. The van der Waals surface area contributed by atoms with Crippen LogP contribution < -0.4 is 0 Å². The van der Waals surface area contributed by atoms with E-state index in [4.69, 9.17) is 4.52 Å². The van der Waals surface area contributed by atoms with E-state index in [1.165, 1.54) is 0 Å². The first-order valence-electron chi connectivity index (χ1n) is 7.68. The number of rotatable bonds is 12. The zero-order valence-corrected chi connectivity index (χ0v) is 14.8. The fraction of sp³-hybridized carbons (Fsp3) is 0.867. The summed E-state index contributed by atoms with van der Waals surface area (Å²) in [7, 11) is 4.28. The van der Waals surface area contributed by atoms with Crippen molar-refractivity contribution in [3.8, 4) is 0 Å². The number of hydrogen-bond donors (Lipinski definition) is 0. The van der Waals surface area contributed by atoms with E-state index in [0.717, 1.165) is 36.7 Å². The molecule has 0 aliphatic carbocycles. The van der Waals surface area contributed by atoms with E-state index < -0.39 is 8.15 Å². The molecule has 4 nitrogen and oxygen atoms in total. The van der Waals surface area contributed by atoms with Gasteiger partial charge in [0, 0.05) is 0 Å². The van der Waals surface area contributed by atoms with E-state index in [1.807, 2.05) is 0 Å². The van der Waals surface area contributed by atoms with Crippen LogP contribution in [0, 0.1) is 0 Å². The second-order valence-electron chi connectivity index (χ2n) is 6.24. The molecule has 20 heavy (non-hydrogen) atoms. The van der Waals surface area contributed by atoms with E-state index >= 15 is 0 Å². The molecule has 0 fully saturated rings. The zero-order chi connectivity index (χ0) is 15.6. The molecular formula is C15H32NO3P. The molecule has 0 aromatic carbocycles. The molecule has 0 atom stereocenters. The van der Waals surface area contributed by atoms with Crippen molar-refractivity contribution in [1.82, 2.24) is 0 Å². The molecule has 0 unspecified atom stereocenters. The monoisotopic (exact) mass is 305 g/mol. The van der Waals surface area contributed by atoms with Gasteiger partial charge in [-0.15, -0.1) is 0 Å². The van der Waals surface area contributed by atoms with Crippen LogP contribution >= 0.6 is 8.15 Å². The van der Waals surface area contributed by atoms with Gasteiger partial charge in [-0.3, -0.25) is 0 Å². The quantitative estimate of drug-likeness (QED) is 0.410. The molecule has 0 saturated heterocycles. The van der Waals surface area contributed by atoms with Crippen molar-refractivity contribution >= 4 is 19.2 Å². The van der Waals surface area contributed by atoms with Crippen LogP contribution in [0.2, 0.25) is 0 Å². The summed E-state index contributed by atoms with van der Waals surface area (Å²) in [5.74, 6) is 0. The van der Waals surface area contributed by atoms with Gasteiger partial charge in [0.2, 0.25) is 0 Å². The summed E-state index contributed by atoms with van der Waals surface area (Å²) in [4.78, 5) is 24.3. The van der Waals surface area contributed by atoms with Gasteiger partial charge in [0.05, 0.1) is 0 Å². The van der Waals surface area contributed by atoms with Crippen LogP contribution in [-0.4, -0.2) is 49.8 Å².